The summed E-state index contributed by atoms with van der Waals surface area (Å²) in [5, 5.41) is 3.52. The number of para-hydroxylation sites is 1. The van der Waals surface area contributed by atoms with Crippen molar-refractivity contribution in [2.75, 3.05) is 5.32 Å². The Hall–Kier alpha value is -1.39. The molecule has 0 aliphatic heterocycles. The Bertz CT molecular complexity index is 680. The fourth-order valence-electron chi connectivity index (χ4n) is 2.36. The molecule has 2 rings (SSSR count). The molecular formula is C17H19BrN2S. The first-order valence-corrected chi connectivity index (χ1v) is 8.06. The van der Waals surface area contributed by atoms with Gasteiger partial charge in [0.15, 0.2) is 0 Å². The van der Waals surface area contributed by atoms with Gasteiger partial charge in [-0.25, -0.2) is 0 Å². The van der Waals surface area contributed by atoms with Crippen LogP contribution in [0.1, 0.15) is 36.5 Å². The standard InChI is InChI=1S/C17H19BrN2S/c1-10(2)12-7-4-6-11(3)16(12)20-14-9-5-8-13(18)15(14)17(19)21/h4-10,20H,1-3H3,(H2,19,21). The van der Waals surface area contributed by atoms with Gasteiger partial charge in [0.05, 0.1) is 0 Å². The fourth-order valence-corrected chi connectivity index (χ4v) is 3.29. The average Bonchev–Trinajstić information content (AvgIpc) is 2.40. The van der Waals surface area contributed by atoms with Gasteiger partial charge in [0.2, 0.25) is 0 Å². The molecule has 0 saturated carbocycles. The van der Waals surface area contributed by atoms with Crippen LogP contribution in [0, 0.1) is 6.92 Å². The Morgan fingerprint density at radius 3 is 2.48 bits per heavy atom. The van der Waals surface area contributed by atoms with Crippen molar-refractivity contribution in [2.24, 2.45) is 5.73 Å². The SMILES string of the molecule is Cc1cccc(C(C)C)c1Nc1cccc(Br)c1C(N)=S. The normalized spacial score (nSPS) is 10.7. The summed E-state index contributed by atoms with van der Waals surface area (Å²) in [6, 6.07) is 12.3. The van der Waals surface area contributed by atoms with E-state index in [-0.39, 0.29) is 0 Å². The van der Waals surface area contributed by atoms with Crippen molar-refractivity contribution >= 4 is 44.5 Å². The summed E-state index contributed by atoms with van der Waals surface area (Å²) in [5.41, 5.74) is 11.2. The molecule has 0 saturated heterocycles. The predicted octanol–water partition coefficient (Wildman–Crippen LogP) is 5.26. The van der Waals surface area contributed by atoms with Gasteiger partial charge in [-0.3, -0.25) is 0 Å². The molecule has 0 atom stereocenters. The minimum absolute atomic E-state index is 0.379. The van der Waals surface area contributed by atoms with Crippen molar-refractivity contribution < 1.29 is 0 Å². The van der Waals surface area contributed by atoms with Gasteiger partial charge in [-0.05, 0) is 52.0 Å². The Morgan fingerprint density at radius 2 is 1.86 bits per heavy atom. The number of benzene rings is 2. The molecule has 21 heavy (non-hydrogen) atoms. The maximum Gasteiger partial charge on any atom is 0.107 e. The topological polar surface area (TPSA) is 38.0 Å². The highest BCUT2D eigenvalue weighted by atomic mass is 79.9. The van der Waals surface area contributed by atoms with Crippen LogP contribution < -0.4 is 11.1 Å². The number of hydrogen-bond acceptors (Lipinski definition) is 2. The van der Waals surface area contributed by atoms with Crippen LogP contribution in [0.5, 0.6) is 0 Å². The first-order valence-electron chi connectivity index (χ1n) is 6.86. The molecule has 0 fully saturated rings. The second-order valence-corrected chi connectivity index (χ2v) is 6.64. The minimum Gasteiger partial charge on any atom is -0.389 e. The largest absolute Gasteiger partial charge is 0.389 e. The summed E-state index contributed by atoms with van der Waals surface area (Å²) in [6.07, 6.45) is 0. The molecule has 2 aromatic rings. The van der Waals surface area contributed by atoms with Crippen LogP contribution in [0.2, 0.25) is 0 Å². The molecule has 0 bridgehead atoms. The molecule has 0 heterocycles. The minimum atomic E-state index is 0.379. The first-order chi connectivity index (χ1) is 9.91. The van der Waals surface area contributed by atoms with Gasteiger partial charge in [-0.1, -0.05) is 50.3 Å². The summed E-state index contributed by atoms with van der Waals surface area (Å²) >= 11 is 8.70. The van der Waals surface area contributed by atoms with Crippen molar-refractivity contribution in [3.63, 3.8) is 0 Å². The van der Waals surface area contributed by atoms with Gasteiger partial charge in [-0.15, -0.1) is 0 Å². The van der Waals surface area contributed by atoms with Crippen molar-refractivity contribution in [1.82, 2.24) is 0 Å². The lowest BCUT2D eigenvalue weighted by atomic mass is 9.97. The van der Waals surface area contributed by atoms with E-state index in [1.165, 1.54) is 11.1 Å². The zero-order chi connectivity index (χ0) is 15.6. The van der Waals surface area contributed by atoms with E-state index in [2.05, 4.69) is 60.2 Å². The molecule has 0 unspecified atom stereocenters. The van der Waals surface area contributed by atoms with Crippen molar-refractivity contribution in [1.29, 1.82) is 0 Å². The van der Waals surface area contributed by atoms with Crippen molar-refractivity contribution in [3.05, 3.63) is 57.6 Å². The third-order valence-corrected chi connectivity index (χ3v) is 4.31. The van der Waals surface area contributed by atoms with Gasteiger partial charge < -0.3 is 11.1 Å². The van der Waals surface area contributed by atoms with Gasteiger partial charge in [0.25, 0.3) is 0 Å². The average molecular weight is 363 g/mol. The van der Waals surface area contributed by atoms with E-state index in [1.54, 1.807) is 0 Å². The van der Waals surface area contributed by atoms with Gasteiger partial charge in [0, 0.05) is 21.4 Å². The van der Waals surface area contributed by atoms with E-state index >= 15 is 0 Å². The highest BCUT2D eigenvalue weighted by Crippen LogP contribution is 2.33. The molecule has 0 spiro atoms. The van der Waals surface area contributed by atoms with Crippen molar-refractivity contribution in [3.8, 4) is 0 Å². The molecule has 110 valence electrons. The maximum atomic E-state index is 5.87. The third-order valence-electron chi connectivity index (χ3n) is 3.45. The number of rotatable bonds is 4. The zero-order valence-electron chi connectivity index (χ0n) is 12.4. The predicted molar refractivity (Wildman–Crippen MR) is 98.6 cm³/mol. The second kappa shape index (κ2) is 6.58. The molecule has 3 N–H and O–H groups in total. The lowest BCUT2D eigenvalue weighted by molar-refractivity contribution is 0.867. The summed E-state index contributed by atoms with van der Waals surface area (Å²) in [5.74, 6) is 0.438. The molecule has 2 nitrogen and oxygen atoms in total. The summed E-state index contributed by atoms with van der Waals surface area (Å²) in [6.45, 7) is 6.48. The van der Waals surface area contributed by atoms with E-state index in [1.807, 2.05) is 18.2 Å². The van der Waals surface area contributed by atoms with E-state index < -0.39 is 0 Å². The molecule has 0 aromatic heterocycles. The maximum absolute atomic E-state index is 5.87. The number of halogens is 1. The van der Waals surface area contributed by atoms with E-state index in [4.69, 9.17) is 18.0 Å². The summed E-state index contributed by atoms with van der Waals surface area (Å²) in [4.78, 5) is 0.379. The van der Waals surface area contributed by atoms with Crippen LogP contribution in [-0.4, -0.2) is 4.99 Å². The zero-order valence-corrected chi connectivity index (χ0v) is 14.8. The van der Waals surface area contributed by atoms with Crippen LogP contribution in [0.25, 0.3) is 0 Å². The fraction of sp³-hybridized carbons (Fsp3) is 0.235. The molecule has 0 aliphatic rings. The Balaban J connectivity index is 2.54. The Kier molecular flexibility index (Phi) is 5.01. The van der Waals surface area contributed by atoms with Crippen molar-refractivity contribution in [2.45, 2.75) is 26.7 Å². The van der Waals surface area contributed by atoms with Crippen LogP contribution in [0.15, 0.2) is 40.9 Å². The number of anilines is 2. The molecule has 2 aromatic carbocycles. The number of aryl methyl sites for hydroxylation is 1. The number of nitrogens with one attached hydrogen (secondary N) is 1. The quantitative estimate of drug-likeness (QED) is 0.728. The summed E-state index contributed by atoms with van der Waals surface area (Å²) in [7, 11) is 0. The third kappa shape index (κ3) is 3.44. The Labute approximate surface area is 139 Å². The Morgan fingerprint density at radius 1 is 1.19 bits per heavy atom. The van der Waals surface area contributed by atoms with Gasteiger partial charge in [-0.2, -0.15) is 0 Å². The highest BCUT2D eigenvalue weighted by molar-refractivity contribution is 9.10. The van der Waals surface area contributed by atoms with E-state index in [9.17, 15) is 0 Å². The molecule has 0 amide bonds. The molecule has 4 heteroatoms. The monoisotopic (exact) mass is 362 g/mol. The molecular weight excluding hydrogens is 344 g/mol. The van der Waals surface area contributed by atoms with E-state index in [0.717, 1.165) is 21.4 Å². The highest BCUT2D eigenvalue weighted by Gasteiger charge is 2.13. The van der Waals surface area contributed by atoms with Crippen LogP contribution in [-0.2, 0) is 0 Å². The van der Waals surface area contributed by atoms with Crippen LogP contribution in [0.4, 0.5) is 11.4 Å². The number of thiocarbonyl (C=S) groups is 1. The van der Waals surface area contributed by atoms with Crippen LogP contribution >= 0.6 is 28.1 Å². The smallest absolute Gasteiger partial charge is 0.107 e. The van der Waals surface area contributed by atoms with Gasteiger partial charge >= 0.3 is 0 Å². The van der Waals surface area contributed by atoms with Crippen LogP contribution in [0.3, 0.4) is 0 Å². The number of hydrogen-bond donors (Lipinski definition) is 2. The summed E-state index contributed by atoms with van der Waals surface area (Å²) < 4.78 is 0.902. The van der Waals surface area contributed by atoms with Gasteiger partial charge in [0.1, 0.15) is 4.99 Å². The lowest BCUT2D eigenvalue weighted by Gasteiger charge is -2.19. The lowest BCUT2D eigenvalue weighted by Crippen LogP contribution is -2.13. The molecule has 0 aliphatic carbocycles. The van der Waals surface area contributed by atoms with E-state index in [0.29, 0.717) is 10.9 Å². The first kappa shape index (κ1) is 16.0. The second-order valence-electron chi connectivity index (χ2n) is 5.35. The number of nitrogens with two attached hydrogens (primary N) is 1. The molecule has 0 radical (unpaired) electrons.